The van der Waals surface area contributed by atoms with Gasteiger partial charge >= 0.3 is 0 Å². The predicted octanol–water partition coefficient (Wildman–Crippen LogP) is 3.90. The molecule has 1 saturated carbocycles. The van der Waals surface area contributed by atoms with E-state index in [9.17, 15) is 4.79 Å². The van der Waals surface area contributed by atoms with Crippen LogP contribution in [0.15, 0.2) is 47.5 Å². The molecule has 0 saturated heterocycles. The van der Waals surface area contributed by atoms with Crippen molar-refractivity contribution >= 4 is 22.9 Å². The van der Waals surface area contributed by atoms with Gasteiger partial charge in [-0.3, -0.25) is 9.79 Å². The van der Waals surface area contributed by atoms with Gasteiger partial charge in [-0.2, -0.15) is 0 Å². The number of hydrogen-bond acceptors (Lipinski definition) is 5. The van der Waals surface area contributed by atoms with E-state index in [0.29, 0.717) is 30.0 Å². The second-order valence-electron chi connectivity index (χ2n) is 6.17. The summed E-state index contributed by atoms with van der Waals surface area (Å²) in [4.78, 5) is 16.9. The van der Waals surface area contributed by atoms with Gasteiger partial charge in [0.05, 0.1) is 25.6 Å². The third kappa shape index (κ3) is 3.82. The Labute approximate surface area is 147 Å². The number of para-hydroxylation sites is 2. The Bertz CT molecular complexity index is 814. The summed E-state index contributed by atoms with van der Waals surface area (Å²) in [6, 6.07) is 13.3. The van der Waals surface area contributed by atoms with Crippen LogP contribution in [-0.2, 0) is 4.79 Å². The van der Waals surface area contributed by atoms with Crippen LogP contribution in [0.2, 0.25) is 0 Å². The molecule has 0 bridgehead atoms. The predicted molar refractivity (Wildman–Crippen MR) is 99.1 cm³/mol. The number of benzene rings is 2. The van der Waals surface area contributed by atoms with Gasteiger partial charge in [0.25, 0.3) is 0 Å². The van der Waals surface area contributed by atoms with Gasteiger partial charge < -0.3 is 15.2 Å². The van der Waals surface area contributed by atoms with Crippen molar-refractivity contribution in [3.8, 4) is 11.5 Å². The zero-order valence-electron chi connectivity index (χ0n) is 14.5. The Morgan fingerprint density at radius 1 is 1.04 bits per heavy atom. The van der Waals surface area contributed by atoms with Crippen LogP contribution in [-0.4, -0.2) is 25.7 Å². The van der Waals surface area contributed by atoms with Crippen LogP contribution in [0.25, 0.3) is 0 Å². The molecule has 3 rings (SSSR count). The fourth-order valence-electron chi connectivity index (χ4n) is 3.19. The van der Waals surface area contributed by atoms with Gasteiger partial charge in [0.2, 0.25) is 0 Å². The lowest BCUT2D eigenvalue weighted by Gasteiger charge is -2.24. The van der Waals surface area contributed by atoms with Crippen molar-refractivity contribution in [2.75, 3.05) is 20.0 Å². The molecule has 2 aromatic rings. The first-order valence-electron chi connectivity index (χ1n) is 8.25. The summed E-state index contributed by atoms with van der Waals surface area (Å²) in [7, 11) is 3.22. The van der Waals surface area contributed by atoms with Crippen molar-refractivity contribution in [3.05, 3.63) is 48.0 Å². The number of nitrogen functional groups attached to an aromatic ring is 1. The highest BCUT2D eigenvalue weighted by atomic mass is 16.5. The second kappa shape index (κ2) is 7.38. The number of nitrogens with two attached hydrogens (primary N) is 1. The molecule has 1 fully saturated rings. The number of nitrogens with zero attached hydrogens (tertiary/aromatic N) is 1. The van der Waals surface area contributed by atoms with E-state index in [-0.39, 0.29) is 11.7 Å². The highest BCUT2D eigenvalue weighted by Crippen LogP contribution is 2.36. The second-order valence-corrected chi connectivity index (χ2v) is 6.17. The number of carbonyl (C=O) groups is 1. The zero-order chi connectivity index (χ0) is 17.8. The molecule has 0 heterocycles. The molecule has 25 heavy (non-hydrogen) atoms. The molecule has 0 spiro atoms. The average Bonchev–Trinajstić information content (AvgIpc) is 2.62. The summed E-state index contributed by atoms with van der Waals surface area (Å²) in [6.07, 6.45) is 1.63. The van der Waals surface area contributed by atoms with Gasteiger partial charge in [0.1, 0.15) is 5.78 Å². The number of aliphatic imine (C=N–C) groups is 1. The van der Waals surface area contributed by atoms with Crippen molar-refractivity contribution in [1.29, 1.82) is 0 Å². The van der Waals surface area contributed by atoms with Crippen LogP contribution in [0.4, 0.5) is 11.4 Å². The smallest absolute Gasteiger partial charge is 0.160 e. The molecule has 0 aromatic heterocycles. The number of hydrogen-bond donors (Lipinski definition) is 1. The van der Waals surface area contributed by atoms with E-state index in [1.807, 2.05) is 42.5 Å². The van der Waals surface area contributed by atoms with Gasteiger partial charge in [0.15, 0.2) is 11.5 Å². The molecule has 0 aliphatic heterocycles. The molecule has 130 valence electrons. The lowest BCUT2D eigenvalue weighted by atomic mass is 9.82. The summed E-state index contributed by atoms with van der Waals surface area (Å²) >= 11 is 0. The molecule has 0 unspecified atom stereocenters. The third-order valence-corrected chi connectivity index (χ3v) is 4.45. The minimum absolute atomic E-state index is 0.0877. The van der Waals surface area contributed by atoms with Crippen molar-refractivity contribution in [2.45, 2.75) is 25.2 Å². The van der Waals surface area contributed by atoms with Crippen LogP contribution in [0, 0.1) is 0 Å². The number of ether oxygens (including phenoxy) is 2. The van der Waals surface area contributed by atoms with Gasteiger partial charge in [-0.05, 0) is 42.2 Å². The van der Waals surface area contributed by atoms with Crippen LogP contribution in [0.3, 0.4) is 0 Å². The molecule has 1 aliphatic rings. The SMILES string of the molecule is COc1ccc([C@H]2CC(=O)CC(=Nc3ccccc3N)C2)cc1OC. The quantitative estimate of drug-likeness (QED) is 0.858. The number of anilines is 1. The average molecular weight is 338 g/mol. The number of methoxy groups -OCH3 is 2. The minimum Gasteiger partial charge on any atom is -0.493 e. The first-order chi connectivity index (χ1) is 12.1. The standard InChI is InChI=1S/C20H22N2O3/c1-24-19-8-7-13(11-20(19)25-2)14-9-15(12-16(23)10-14)22-18-6-4-3-5-17(18)21/h3-8,11,14H,9-10,12,21H2,1-2H3/t14-/m1/s1. The molecule has 0 radical (unpaired) electrons. The number of carbonyl (C=O) groups excluding carboxylic acids is 1. The zero-order valence-corrected chi connectivity index (χ0v) is 14.5. The number of rotatable bonds is 4. The van der Waals surface area contributed by atoms with Crippen molar-refractivity contribution in [3.63, 3.8) is 0 Å². The summed E-state index contributed by atoms with van der Waals surface area (Å²) in [6.45, 7) is 0. The normalized spacial score (nSPS) is 19.0. The van der Waals surface area contributed by atoms with E-state index in [4.69, 9.17) is 15.2 Å². The molecule has 2 N–H and O–H groups in total. The summed E-state index contributed by atoms with van der Waals surface area (Å²) in [5, 5.41) is 0. The summed E-state index contributed by atoms with van der Waals surface area (Å²) < 4.78 is 10.7. The molecular formula is C20H22N2O3. The first-order valence-corrected chi connectivity index (χ1v) is 8.25. The van der Waals surface area contributed by atoms with Gasteiger partial charge in [0, 0.05) is 18.6 Å². The maximum atomic E-state index is 12.2. The van der Waals surface area contributed by atoms with Gasteiger partial charge in [-0.15, -0.1) is 0 Å². The van der Waals surface area contributed by atoms with Crippen LogP contribution in [0.1, 0.15) is 30.7 Å². The highest BCUT2D eigenvalue weighted by molar-refractivity contribution is 6.06. The third-order valence-electron chi connectivity index (χ3n) is 4.45. The Morgan fingerprint density at radius 2 is 1.80 bits per heavy atom. The Hall–Kier alpha value is -2.82. The van der Waals surface area contributed by atoms with Crippen LogP contribution in [0.5, 0.6) is 11.5 Å². The molecule has 5 heteroatoms. The van der Waals surface area contributed by atoms with Crippen LogP contribution >= 0.6 is 0 Å². The van der Waals surface area contributed by atoms with Gasteiger partial charge in [-0.25, -0.2) is 0 Å². The number of Topliss-reactive ketones (excluding diaryl/α,β-unsaturated/α-hetero) is 1. The fourth-order valence-corrected chi connectivity index (χ4v) is 3.19. The molecule has 2 aromatic carbocycles. The van der Waals surface area contributed by atoms with E-state index in [1.165, 1.54) is 0 Å². The van der Waals surface area contributed by atoms with Crippen molar-refractivity contribution in [1.82, 2.24) is 0 Å². The Morgan fingerprint density at radius 3 is 2.52 bits per heavy atom. The monoisotopic (exact) mass is 338 g/mol. The summed E-state index contributed by atoms with van der Waals surface area (Å²) in [5.74, 6) is 1.63. The Balaban J connectivity index is 1.88. The first kappa shape index (κ1) is 17.0. The van der Waals surface area contributed by atoms with Crippen LogP contribution < -0.4 is 15.2 Å². The number of ketones is 1. The van der Waals surface area contributed by atoms with E-state index >= 15 is 0 Å². The fraction of sp³-hybridized carbons (Fsp3) is 0.300. The molecule has 1 atom stereocenters. The van der Waals surface area contributed by atoms with E-state index in [2.05, 4.69) is 4.99 Å². The maximum Gasteiger partial charge on any atom is 0.160 e. The van der Waals surface area contributed by atoms with E-state index in [0.717, 1.165) is 23.4 Å². The van der Waals surface area contributed by atoms with E-state index in [1.54, 1.807) is 14.2 Å². The minimum atomic E-state index is 0.0877. The van der Waals surface area contributed by atoms with E-state index < -0.39 is 0 Å². The lowest BCUT2D eigenvalue weighted by Crippen LogP contribution is -2.21. The molecule has 1 aliphatic carbocycles. The molecular weight excluding hydrogens is 316 g/mol. The van der Waals surface area contributed by atoms with Crippen molar-refractivity contribution in [2.24, 2.45) is 4.99 Å². The molecule has 0 amide bonds. The largest absolute Gasteiger partial charge is 0.493 e. The maximum absolute atomic E-state index is 12.2. The topological polar surface area (TPSA) is 73.9 Å². The Kier molecular flexibility index (Phi) is 5.03. The van der Waals surface area contributed by atoms with Crippen molar-refractivity contribution < 1.29 is 14.3 Å². The molecule has 5 nitrogen and oxygen atoms in total. The van der Waals surface area contributed by atoms with Gasteiger partial charge in [-0.1, -0.05) is 18.2 Å². The lowest BCUT2D eigenvalue weighted by molar-refractivity contribution is -0.118. The highest BCUT2D eigenvalue weighted by Gasteiger charge is 2.26. The summed E-state index contributed by atoms with van der Waals surface area (Å²) in [5.41, 5.74) is 9.23.